The second kappa shape index (κ2) is 6.12. The Hall–Kier alpha value is -3.89. The number of aromatic nitrogens is 5. The number of rotatable bonds is 4. The van der Waals surface area contributed by atoms with Crippen molar-refractivity contribution in [3.05, 3.63) is 58.6 Å². The summed E-state index contributed by atoms with van der Waals surface area (Å²) in [4.78, 5) is 41.9. The quantitative estimate of drug-likeness (QED) is 0.610. The van der Waals surface area contributed by atoms with Crippen molar-refractivity contribution in [2.75, 3.05) is 0 Å². The summed E-state index contributed by atoms with van der Waals surface area (Å²) in [6.07, 6.45) is 0. The highest BCUT2D eigenvalue weighted by atomic mass is 16.7. The molecule has 1 aliphatic heterocycles. The molecule has 2 aromatic heterocycles. The van der Waals surface area contributed by atoms with Crippen molar-refractivity contribution in [1.82, 2.24) is 30.3 Å². The van der Waals surface area contributed by atoms with Crippen LogP contribution in [0.1, 0.15) is 48.7 Å². The van der Waals surface area contributed by atoms with Gasteiger partial charge in [-0.25, -0.2) is 9.48 Å². The lowest BCUT2D eigenvalue weighted by atomic mass is 10.1. The Morgan fingerprint density at radius 2 is 1.74 bits per heavy atom. The molecule has 11 heteroatoms. The van der Waals surface area contributed by atoms with Crippen molar-refractivity contribution in [1.29, 1.82) is 0 Å². The lowest BCUT2D eigenvalue weighted by Gasteiger charge is -2.11. The third-order valence-electron chi connectivity index (χ3n) is 3.96. The van der Waals surface area contributed by atoms with E-state index in [2.05, 4.69) is 20.5 Å². The van der Waals surface area contributed by atoms with Crippen LogP contribution in [0.15, 0.2) is 28.7 Å². The minimum absolute atomic E-state index is 0.111. The molecule has 1 aromatic carbocycles. The minimum Gasteiger partial charge on any atom is -0.424 e. The number of benzene rings is 1. The molecule has 3 aromatic rings. The van der Waals surface area contributed by atoms with Crippen LogP contribution in [0.3, 0.4) is 0 Å². The predicted molar refractivity (Wildman–Crippen MR) is 85.3 cm³/mol. The van der Waals surface area contributed by atoms with E-state index < -0.39 is 17.8 Å². The number of carbonyl (C=O) groups excluding carboxylic acids is 3. The van der Waals surface area contributed by atoms with E-state index in [1.165, 1.54) is 16.8 Å². The topological polar surface area (TPSA) is 133 Å². The van der Waals surface area contributed by atoms with E-state index in [4.69, 9.17) is 9.25 Å². The van der Waals surface area contributed by atoms with Gasteiger partial charge in [0, 0.05) is 6.92 Å². The van der Waals surface area contributed by atoms with Crippen LogP contribution in [-0.2, 0) is 11.4 Å². The fourth-order valence-corrected chi connectivity index (χ4v) is 2.60. The first-order valence-corrected chi connectivity index (χ1v) is 7.85. The van der Waals surface area contributed by atoms with E-state index in [0.717, 1.165) is 0 Å². The van der Waals surface area contributed by atoms with Gasteiger partial charge in [0.1, 0.15) is 6.54 Å². The van der Waals surface area contributed by atoms with Crippen molar-refractivity contribution in [3.63, 3.8) is 0 Å². The molecule has 0 saturated heterocycles. The Kier molecular flexibility index (Phi) is 3.76. The lowest BCUT2D eigenvalue weighted by Crippen LogP contribution is -2.33. The summed E-state index contributed by atoms with van der Waals surface area (Å²) in [6.45, 7) is 3.34. The van der Waals surface area contributed by atoms with Crippen molar-refractivity contribution in [3.8, 4) is 0 Å². The van der Waals surface area contributed by atoms with Gasteiger partial charge in [0.25, 0.3) is 11.8 Å². The Labute approximate surface area is 151 Å². The molecule has 1 aliphatic rings. The molecule has 4 rings (SSSR count). The standard InChI is InChI=1S/C16H12N6O5/c1-8-13(19-20-21(8)7-12-18-17-9(2)26-12)16(25)27-22-14(23)10-5-3-4-6-11(10)15(22)24/h3-6H,7H2,1-2H3. The number of amides is 2. The molecule has 3 heterocycles. The number of hydroxylamine groups is 2. The second-order valence-electron chi connectivity index (χ2n) is 5.72. The molecule has 0 unspecified atom stereocenters. The molecule has 27 heavy (non-hydrogen) atoms. The van der Waals surface area contributed by atoms with Gasteiger partial charge in [0.2, 0.25) is 11.8 Å². The highest BCUT2D eigenvalue weighted by molar-refractivity contribution is 6.21. The first-order chi connectivity index (χ1) is 13.0. The van der Waals surface area contributed by atoms with Crippen LogP contribution in [0, 0.1) is 13.8 Å². The SMILES string of the molecule is Cc1nnc(Cn2nnc(C(=O)ON3C(=O)c4ccccc4C3=O)c2C)o1. The van der Waals surface area contributed by atoms with Gasteiger partial charge < -0.3 is 9.25 Å². The third-order valence-corrected chi connectivity index (χ3v) is 3.96. The van der Waals surface area contributed by atoms with Gasteiger partial charge in [-0.15, -0.1) is 15.3 Å². The Morgan fingerprint density at radius 1 is 1.07 bits per heavy atom. The molecule has 2 amide bonds. The van der Waals surface area contributed by atoms with Crippen molar-refractivity contribution >= 4 is 17.8 Å². The summed E-state index contributed by atoms with van der Waals surface area (Å²) < 4.78 is 6.63. The Balaban J connectivity index is 1.53. The predicted octanol–water partition coefficient (Wildman–Crippen LogP) is 0.694. The Bertz CT molecular complexity index is 1050. The van der Waals surface area contributed by atoms with Crippen LogP contribution in [0.2, 0.25) is 0 Å². The van der Waals surface area contributed by atoms with E-state index in [1.54, 1.807) is 26.0 Å². The van der Waals surface area contributed by atoms with Crippen molar-refractivity contribution in [2.24, 2.45) is 0 Å². The van der Waals surface area contributed by atoms with E-state index in [1.807, 2.05) is 0 Å². The highest BCUT2D eigenvalue weighted by Gasteiger charge is 2.39. The van der Waals surface area contributed by atoms with Crippen molar-refractivity contribution in [2.45, 2.75) is 20.4 Å². The zero-order valence-electron chi connectivity index (χ0n) is 14.2. The summed E-state index contributed by atoms with van der Waals surface area (Å²) >= 11 is 0. The maximum Gasteiger partial charge on any atom is 0.385 e. The molecule has 0 radical (unpaired) electrons. The maximum absolute atomic E-state index is 12.4. The number of imide groups is 1. The summed E-state index contributed by atoms with van der Waals surface area (Å²) in [5.41, 5.74) is 0.556. The molecule has 0 atom stereocenters. The van der Waals surface area contributed by atoms with Crippen LogP contribution < -0.4 is 0 Å². The summed E-state index contributed by atoms with van der Waals surface area (Å²) in [6, 6.07) is 6.20. The van der Waals surface area contributed by atoms with E-state index in [9.17, 15) is 14.4 Å². The number of nitrogens with zero attached hydrogens (tertiary/aromatic N) is 6. The van der Waals surface area contributed by atoms with Crippen LogP contribution in [0.5, 0.6) is 0 Å². The smallest absolute Gasteiger partial charge is 0.385 e. The average molecular weight is 368 g/mol. The van der Waals surface area contributed by atoms with Crippen LogP contribution in [-0.4, -0.2) is 48.0 Å². The van der Waals surface area contributed by atoms with Crippen molar-refractivity contribution < 1.29 is 23.6 Å². The molecule has 0 bridgehead atoms. The number of carbonyl (C=O) groups is 3. The zero-order valence-corrected chi connectivity index (χ0v) is 14.2. The van der Waals surface area contributed by atoms with Crippen LogP contribution in [0.25, 0.3) is 0 Å². The average Bonchev–Trinajstić information content (AvgIpc) is 3.30. The van der Waals surface area contributed by atoms with Gasteiger partial charge >= 0.3 is 5.97 Å². The maximum atomic E-state index is 12.4. The monoisotopic (exact) mass is 368 g/mol. The first-order valence-electron chi connectivity index (χ1n) is 7.85. The first kappa shape index (κ1) is 16.6. The van der Waals surface area contributed by atoms with E-state index >= 15 is 0 Å². The molecule has 0 fully saturated rings. The fourth-order valence-electron chi connectivity index (χ4n) is 2.60. The normalized spacial score (nSPS) is 13.2. The van der Waals surface area contributed by atoms with Gasteiger partial charge in [0.15, 0.2) is 5.69 Å². The van der Waals surface area contributed by atoms with Crippen LogP contribution in [0.4, 0.5) is 0 Å². The Morgan fingerprint density at radius 3 is 2.33 bits per heavy atom. The minimum atomic E-state index is -0.977. The summed E-state index contributed by atoms with van der Waals surface area (Å²) in [5.74, 6) is -1.71. The highest BCUT2D eigenvalue weighted by Crippen LogP contribution is 2.23. The lowest BCUT2D eigenvalue weighted by molar-refractivity contribution is -0.0589. The molecule has 136 valence electrons. The van der Waals surface area contributed by atoms with E-state index in [-0.39, 0.29) is 23.4 Å². The second-order valence-corrected chi connectivity index (χ2v) is 5.72. The van der Waals surface area contributed by atoms with Gasteiger partial charge in [-0.05, 0) is 19.1 Å². The molecule has 0 aliphatic carbocycles. The largest absolute Gasteiger partial charge is 0.424 e. The van der Waals surface area contributed by atoms with Gasteiger partial charge in [-0.1, -0.05) is 22.4 Å². The third kappa shape index (κ3) is 2.74. The molecule has 0 saturated carbocycles. The summed E-state index contributed by atoms with van der Waals surface area (Å²) in [5, 5.41) is 15.6. The van der Waals surface area contributed by atoms with Crippen LogP contribution >= 0.6 is 0 Å². The fraction of sp³-hybridized carbons (Fsp3) is 0.188. The van der Waals surface area contributed by atoms with Gasteiger partial charge in [-0.2, -0.15) is 0 Å². The molecule has 0 N–H and O–H groups in total. The van der Waals surface area contributed by atoms with Gasteiger partial charge in [0.05, 0.1) is 16.8 Å². The molecular weight excluding hydrogens is 356 g/mol. The molecule has 0 spiro atoms. The molecular formula is C16H12N6O5. The molecule has 11 nitrogen and oxygen atoms in total. The number of hydrogen-bond donors (Lipinski definition) is 0. The number of fused-ring (bicyclic) bond motifs is 1. The zero-order chi connectivity index (χ0) is 19.1. The summed E-state index contributed by atoms with van der Waals surface area (Å²) in [7, 11) is 0. The van der Waals surface area contributed by atoms with E-state index in [0.29, 0.717) is 22.5 Å². The van der Waals surface area contributed by atoms with Gasteiger partial charge in [-0.3, -0.25) is 9.59 Å². The number of aryl methyl sites for hydroxylation is 1. The number of hydrogen-bond acceptors (Lipinski definition) is 9.